The predicted molar refractivity (Wildman–Crippen MR) is 75.3 cm³/mol. The molecule has 0 bridgehead atoms. The zero-order valence-corrected chi connectivity index (χ0v) is 11.6. The van der Waals surface area contributed by atoms with Crippen molar-refractivity contribution in [2.75, 3.05) is 11.9 Å². The number of nitrogens with one attached hydrogen (secondary N) is 2. The van der Waals surface area contributed by atoms with Gasteiger partial charge < -0.3 is 15.2 Å². The van der Waals surface area contributed by atoms with E-state index in [0.29, 0.717) is 19.5 Å². The number of urea groups is 1. The van der Waals surface area contributed by atoms with Gasteiger partial charge in [-0.2, -0.15) is 13.2 Å². The van der Waals surface area contributed by atoms with Crippen LogP contribution in [-0.2, 0) is 12.7 Å². The van der Waals surface area contributed by atoms with Gasteiger partial charge in [-0.15, -0.1) is 0 Å². The largest absolute Gasteiger partial charge is 0.416 e. The minimum absolute atomic E-state index is 0.0990. The molecule has 0 atom stereocenters. The maximum absolute atomic E-state index is 12.6. The normalized spacial score (nSPS) is 11.2. The summed E-state index contributed by atoms with van der Waals surface area (Å²) in [5.41, 5.74) is -0.702. The van der Waals surface area contributed by atoms with Crippen molar-refractivity contribution in [2.45, 2.75) is 19.1 Å². The van der Waals surface area contributed by atoms with E-state index in [9.17, 15) is 18.0 Å². The van der Waals surface area contributed by atoms with Crippen LogP contribution < -0.4 is 10.6 Å². The van der Waals surface area contributed by atoms with Crippen molar-refractivity contribution in [1.29, 1.82) is 0 Å². The van der Waals surface area contributed by atoms with E-state index in [0.717, 1.165) is 12.1 Å². The second kappa shape index (κ2) is 6.97. The van der Waals surface area contributed by atoms with Gasteiger partial charge in [0.15, 0.2) is 0 Å². The van der Waals surface area contributed by atoms with Crippen LogP contribution >= 0.6 is 0 Å². The Morgan fingerprint density at radius 1 is 1.32 bits per heavy atom. The number of aromatic nitrogens is 2. The van der Waals surface area contributed by atoms with Crippen molar-refractivity contribution in [1.82, 2.24) is 14.9 Å². The molecule has 2 N–H and O–H groups in total. The monoisotopic (exact) mass is 312 g/mol. The molecule has 0 aliphatic carbocycles. The lowest BCUT2D eigenvalue weighted by Crippen LogP contribution is -2.30. The van der Waals surface area contributed by atoms with Crippen molar-refractivity contribution in [2.24, 2.45) is 0 Å². The highest BCUT2D eigenvalue weighted by Crippen LogP contribution is 2.30. The first kappa shape index (κ1) is 15.9. The predicted octanol–water partition coefficient (Wildman–Crippen LogP) is 3.11. The molecule has 2 amide bonds. The maximum atomic E-state index is 12.6. The highest BCUT2D eigenvalue weighted by atomic mass is 19.4. The Bertz CT molecular complexity index is 611. The van der Waals surface area contributed by atoms with Crippen LogP contribution in [0.15, 0.2) is 43.0 Å². The van der Waals surface area contributed by atoms with Gasteiger partial charge in [-0.05, 0) is 24.6 Å². The lowest BCUT2D eigenvalue weighted by Gasteiger charge is -2.10. The van der Waals surface area contributed by atoms with Crippen LogP contribution in [0.5, 0.6) is 0 Å². The molecule has 2 aromatic rings. The molecule has 118 valence electrons. The molecule has 8 heteroatoms. The minimum Gasteiger partial charge on any atom is -0.338 e. The van der Waals surface area contributed by atoms with E-state index in [2.05, 4.69) is 15.6 Å². The Labute approximate surface area is 125 Å². The fourth-order valence-corrected chi connectivity index (χ4v) is 1.83. The molecule has 0 radical (unpaired) electrons. The number of amides is 2. The number of nitrogens with zero attached hydrogens (tertiary/aromatic N) is 2. The highest BCUT2D eigenvalue weighted by Gasteiger charge is 2.30. The van der Waals surface area contributed by atoms with E-state index < -0.39 is 17.8 Å². The van der Waals surface area contributed by atoms with Gasteiger partial charge in [0.2, 0.25) is 0 Å². The summed E-state index contributed by atoms with van der Waals surface area (Å²) in [5, 5.41) is 4.97. The highest BCUT2D eigenvalue weighted by molar-refractivity contribution is 5.89. The summed E-state index contributed by atoms with van der Waals surface area (Å²) in [4.78, 5) is 15.5. The van der Waals surface area contributed by atoms with Gasteiger partial charge in [0, 0.05) is 31.2 Å². The standard InChI is InChI=1S/C14H15F3N4O/c15-14(16,17)11-3-1-4-12(9-11)20-13(22)19-5-2-7-21-8-6-18-10-21/h1,3-4,6,8-10H,2,5,7H2,(H2,19,20,22). The molecule has 22 heavy (non-hydrogen) atoms. The van der Waals surface area contributed by atoms with Gasteiger partial charge in [-0.3, -0.25) is 0 Å². The summed E-state index contributed by atoms with van der Waals surface area (Å²) in [5.74, 6) is 0. The third-order valence-corrected chi connectivity index (χ3v) is 2.89. The van der Waals surface area contributed by atoms with Gasteiger partial charge in [0.05, 0.1) is 11.9 Å². The Hall–Kier alpha value is -2.51. The molecule has 0 saturated carbocycles. The van der Waals surface area contributed by atoms with Gasteiger partial charge in [-0.25, -0.2) is 9.78 Å². The maximum Gasteiger partial charge on any atom is 0.416 e. The average Bonchev–Trinajstić information content (AvgIpc) is 2.96. The number of anilines is 1. The van der Waals surface area contributed by atoms with E-state index >= 15 is 0 Å². The fraction of sp³-hybridized carbons (Fsp3) is 0.286. The molecule has 1 aromatic carbocycles. The van der Waals surface area contributed by atoms with Crippen LogP contribution in [0.3, 0.4) is 0 Å². The van der Waals surface area contributed by atoms with Gasteiger partial charge in [0.25, 0.3) is 0 Å². The molecular formula is C14H15F3N4O. The molecule has 0 unspecified atom stereocenters. The molecule has 1 aromatic heterocycles. The first-order chi connectivity index (χ1) is 10.4. The number of hydrogen-bond donors (Lipinski definition) is 2. The third kappa shape index (κ3) is 4.80. The number of halogens is 3. The smallest absolute Gasteiger partial charge is 0.338 e. The van der Waals surface area contributed by atoms with Gasteiger partial charge >= 0.3 is 12.2 Å². The van der Waals surface area contributed by atoms with Gasteiger partial charge in [0.1, 0.15) is 0 Å². The van der Waals surface area contributed by atoms with E-state index in [1.165, 1.54) is 12.1 Å². The van der Waals surface area contributed by atoms with Crippen LogP contribution in [0.25, 0.3) is 0 Å². The molecule has 1 heterocycles. The van der Waals surface area contributed by atoms with Crippen LogP contribution in [0.1, 0.15) is 12.0 Å². The number of imidazole rings is 1. The average molecular weight is 312 g/mol. The first-order valence-electron chi connectivity index (χ1n) is 6.63. The summed E-state index contributed by atoms with van der Waals surface area (Å²) in [7, 11) is 0. The van der Waals surface area contributed by atoms with Crippen LogP contribution in [0.4, 0.5) is 23.7 Å². The number of hydrogen-bond acceptors (Lipinski definition) is 2. The Kier molecular flexibility index (Phi) is 5.03. The van der Waals surface area contributed by atoms with Crippen molar-refractivity contribution >= 4 is 11.7 Å². The lowest BCUT2D eigenvalue weighted by molar-refractivity contribution is -0.137. The zero-order chi connectivity index (χ0) is 16.0. The summed E-state index contributed by atoms with van der Waals surface area (Å²) in [6.45, 7) is 1.10. The summed E-state index contributed by atoms with van der Waals surface area (Å²) >= 11 is 0. The van der Waals surface area contributed by atoms with E-state index in [4.69, 9.17) is 0 Å². The fourth-order valence-electron chi connectivity index (χ4n) is 1.83. The second-order valence-electron chi connectivity index (χ2n) is 4.61. The molecule has 0 saturated heterocycles. The SMILES string of the molecule is O=C(NCCCn1ccnc1)Nc1cccc(C(F)(F)F)c1. The van der Waals surface area contributed by atoms with Crippen LogP contribution in [-0.4, -0.2) is 22.1 Å². The first-order valence-corrected chi connectivity index (χ1v) is 6.63. The van der Waals surface area contributed by atoms with E-state index in [1.807, 2.05) is 10.8 Å². The Morgan fingerprint density at radius 3 is 2.82 bits per heavy atom. The second-order valence-corrected chi connectivity index (χ2v) is 4.61. The number of aryl methyl sites for hydroxylation is 1. The molecule has 0 aliphatic rings. The van der Waals surface area contributed by atoms with Crippen LogP contribution in [0.2, 0.25) is 0 Å². The van der Waals surface area contributed by atoms with Crippen molar-refractivity contribution in [3.8, 4) is 0 Å². The molecule has 0 fully saturated rings. The molecule has 0 aliphatic heterocycles. The summed E-state index contributed by atoms with van der Waals surface area (Å²) in [6, 6.07) is 3.96. The number of carbonyl (C=O) groups is 1. The number of alkyl halides is 3. The Morgan fingerprint density at radius 2 is 2.14 bits per heavy atom. The molecule has 0 spiro atoms. The molecule has 5 nitrogen and oxygen atoms in total. The number of carbonyl (C=O) groups excluding carboxylic acids is 1. The molecule has 2 rings (SSSR count). The van der Waals surface area contributed by atoms with Gasteiger partial charge in [-0.1, -0.05) is 6.07 Å². The quantitative estimate of drug-likeness (QED) is 0.833. The molecular weight excluding hydrogens is 297 g/mol. The van der Waals surface area contributed by atoms with Crippen molar-refractivity contribution in [3.63, 3.8) is 0 Å². The summed E-state index contributed by atoms with van der Waals surface area (Å²) in [6.07, 6.45) is 1.39. The van der Waals surface area contributed by atoms with E-state index in [1.54, 1.807) is 12.5 Å². The van der Waals surface area contributed by atoms with Crippen molar-refractivity contribution in [3.05, 3.63) is 48.5 Å². The summed E-state index contributed by atoms with van der Waals surface area (Å²) < 4.78 is 39.5. The number of rotatable bonds is 5. The van der Waals surface area contributed by atoms with Crippen LogP contribution in [0, 0.1) is 0 Å². The van der Waals surface area contributed by atoms with Crippen molar-refractivity contribution < 1.29 is 18.0 Å². The topological polar surface area (TPSA) is 59.0 Å². The number of benzene rings is 1. The lowest BCUT2D eigenvalue weighted by atomic mass is 10.2. The minimum atomic E-state index is -4.43. The third-order valence-electron chi connectivity index (χ3n) is 2.89. The zero-order valence-electron chi connectivity index (χ0n) is 11.6. The Balaban J connectivity index is 1.77. The van der Waals surface area contributed by atoms with E-state index in [-0.39, 0.29) is 5.69 Å².